The average molecular weight is 375 g/mol. The molecule has 1 amide bonds. The van der Waals surface area contributed by atoms with Crippen LogP contribution in [0.5, 0.6) is 0 Å². The molecule has 0 atom stereocenters. The number of aromatic nitrogens is 2. The molecule has 1 aromatic heterocycles. The number of anilines is 2. The van der Waals surface area contributed by atoms with Crippen molar-refractivity contribution in [2.75, 3.05) is 11.1 Å². The van der Waals surface area contributed by atoms with Crippen LogP contribution in [0, 0.1) is 10.1 Å². The molecule has 10 nitrogen and oxygen atoms in total. The molecule has 0 aliphatic rings. The summed E-state index contributed by atoms with van der Waals surface area (Å²) < 4.78 is 2.29. The second-order valence-corrected chi connectivity index (χ2v) is 5.91. The van der Waals surface area contributed by atoms with E-state index >= 15 is 0 Å². The third-order valence-electron chi connectivity index (χ3n) is 3.94. The van der Waals surface area contributed by atoms with Gasteiger partial charge in [0.2, 0.25) is 0 Å². The summed E-state index contributed by atoms with van der Waals surface area (Å²) in [6, 6.07) is 4.92. The zero-order valence-electron chi connectivity index (χ0n) is 15.1. The van der Waals surface area contributed by atoms with E-state index in [4.69, 9.17) is 5.73 Å². The maximum atomic E-state index is 12.6. The molecule has 27 heavy (non-hydrogen) atoms. The first kappa shape index (κ1) is 19.9. The molecule has 0 fully saturated rings. The van der Waals surface area contributed by atoms with Crippen LogP contribution in [-0.4, -0.2) is 20.0 Å². The van der Waals surface area contributed by atoms with Gasteiger partial charge < -0.3 is 11.1 Å². The van der Waals surface area contributed by atoms with E-state index in [2.05, 4.69) is 5.32 Å². The van der Waals surface area contributed by atoms with Crippen LogP contribution in [0.1, 0.15) is 37.0 Å². The average Bonchev–Trinajstić information content (AvgIpc) is 2.65. The number of nitrogens with two attached hydrogens (primary N) is 1. The van der Waals surface area contributed by atoms with Gasteiger partial charge in [-0.15, -0.1) is 0 Å². The number of carbonyl (C=O) groups excluding carboxylic acids is 1. The van der Waals surface area contributed by atoms with E-state index in [0.29, 0.717) is 19.4 Å². The zero-order chi connectivity index (χ0) is 20.1. The predicted octanol–water partition coefficient (Wildman–Crippen LogP) is 1.57. The first-order valence-corrected chi connectivity index (χ1v) is 8.50. The van der Waals surface area contributed by atoms with Gasteiger partial charge in [-0.3, -0.25) is 28.8 Å². The van der Waals surface area contributed by atoms with Gasteiger partial charge in [-0.05, 0) is 25.0 Å². The number of hydrogen-bond acceptors (Lipinski definition) is 6. The smallest absolute Gasteiger partial charge is 0.332 e. The molecular weight excluding hydrogens is 354 g/mol. The number of benzene rings is 1. The lowest BCUT2D eigenvalue weighted by Crippen LogP contribution is -2.42. The fraction of sp³-hybridized carbons (Fsp3) is 0.353. The number of nitrogens with one attached hydrogen (secondary N) is 1. The van der Waals surface area contributed by atoms with Gasteiger partial charge in [0.1, 0.15) is 11.5 Å². The largest absolute Gasteiger partial charge is 0.383 e. The van der Waals surface area contributed by atoms with Crippen LogP contribution in [0.25, 0.3) is 0 Å². The highest BCUT2D eigenvalue weighted by Crippen LogP contribution is 2.16. The summed E-state index contributed by atoms with van der Waals surface area (Å²) in [6.45, 7) is 4.18. The van der Waals surface area contributed by atoms with Crippen molar-refractivity contribution in [3.8, 4) is 0 Å². The lowest BCUT2D eigenvalue weighted by Gasteiger charge is -2.16. The number of amides is 1. The Labute approximate surface area is 154 Å². The van der Waals surface area contributed by atoms with Crippen molar-refractivity contribution in [2.45, 2.75) is 39.8 Å². The third-order valence-corrected chi connectivity index (χ3v) is 3.94. The molecule has 0 bridgehead atoms. The maximum Gasteiger partial charge on any atom is 0.332 e. The topological polar surface area (TPSA) is 142 Å². The van der Waals surface area contributed by atoms with Crippen LogP contribution in [0.15, 0.2) is 33.9 Å². The van der Waals surface area contributed by atoms with Crippen molar-refractivity contribution >= 4 is 23.1 Å². The van der Waals surface area contributed by atoms with Gasteiger partial charge >= 0.3 is 5.69 Å². The molecule has 2 rings (SSSR count). The Morgan fingerprint density at radius 1 is 1.11 bits per heavy atom. The van der Waals surface area contributed by atoms with E-state index in [9.17, 15) is 24.5 Å². The Morgan fingerprint density at radius 2 is 1.67 bits per heavy atom. The van der Waals surface area contributed by atoms with Crippen molar-refractivity contribution in [3.05, 3.63) is 60.8 Å². The molecule has 2 aromatic rings. The monoisotopic (exact) mass is 375 g/mol. The fourth-order valence-corrected chi connectivity index (χ4v) is 2.61. The molecule has 1 heterocycles. The quantitative estimate of drug-likeness (QED) is 0.555. The minimum absolute atomic E-state index is 0.116. The molecule has 0 spiro atoms. The predicted molar refractivity (Wildman–Crippen MR) is 101 cm³/mol. The first-order valence-electron chi connectivity index (χ1n) is 8.50. The second kappa shape index (κ2) is 8.30. The molecule has 0 aliphatic carbocycles. The van der Waals surface area contributed by atoms with E-state index in [0.717, 1.165) is 4.57 Å². The van der Waals surface area contributed by atoms with Crippen LogP contribution in [0.3, 0.4) is 0 Å². The Morgan fingerprint density at radius 3 is 2.19 bits per heavy atom. The molecule has 144 valence electrons. The van der Waals surface area contributed by atoms with Gasteiger partial charge in [-0.25, -0.2) is 4.79 Å². The van der Waals surface area contributed by atoms with Crippen LogP contribution < -0.4 is 22.3 Å². The number of carbonyl (C=O) groups is 1. The van der Waals surface area contributed by atoms with Gasteiger partial charge in [0, 0.05) is 30.8 Å². The summed E-state index contributed by atoms with van der Waals surface area (Å²) in [5.74, 6) is -0.770. The summed E-state index contributed by atoms with van der Waals surface area (Å²) >= 11 is 0. The number of nitro benzene ring substituents is 1. The Kier molecular flexibility index (Phi) is 6.11. The summed E-state index contributed by atoms with van der Waals surface area (Å²) in [6.07, 6.45) is 1.17. The highest BCUT2D eigenvalue weighted by molar-refractivity contribution is 6.05. The van der Waals surface area contributed by atoms with Crippen molar-refractivity contribution in [2.24, 2.45) is 0 Å². The number of rotatable bonds is 7. The number of nitrogens with zero attached hydrogens (tertiary/aromatic N) is 3. The number of non-ortho nitro benzene ring substituents is 1. The number of hydrogen-bond donors (Lipinski definition) is 2. The van der Waals surface area contributed by atoms with Crippen molar-refractivity contribution in [3.63, 3.8) is 0 Å². The van der Waals surface area contributed by atoms with Gasteiger partial charge in [-0.2, -0.15) is 0 Å². The standard InChI is InChI=1S/C17H21N5O5/c1-3-9-20-14(18)13(16(24)21(10-4-2)17(20)25)19-15(23)11-5-7-12(8-6-11)22(26)27/h5-8H,3-4,9-10,18H2,1-2H3,(H,19,23). The molecule has 0 unspecified atom stereocenters. The summed E-state index contributed by atoms with van der Waals surface area (Å²) in [5, 5.41) is 13.1. The van der Waals surface area contributed by atoms with Crippen LogP contribution in [0.2, 0.25) is 0 Å². The molecular formula is C17H21N5O5. The maximum absolute atomic E-state index is 12.6. The highest BCUT2D eigenvalue weighted by Gasteiger charge is 2.19. The van der Waals surface area contributed by atoms with E-state index < -0.39 is 22.1 Å². The molecule has 3 N–H and O–H groups in total. The molecule has 0 radical (unpaired) electrons. The van der Waals surface area contributed by atoms with E-state index in [-0.39, 0.29) is 29.3 Å². The van der Waals surface area contributed by atoms with Gasteiger partial charge in [0.25, 0.3) is 17.2 Å². The summed E-state index contributed by atoms with van der Waals surface area (Å²) in [4.78, 5) is 47.7. The molecule has 1 aromatic carbocycles. The van der Waals surface area contributed by atoms with E-state index in [1.807, 2.05) is 13.8 Å². The van der Waals surface area contributed by atoms with Crippen molar-refractivity contribution in [1.82, 2.24) is 9.13 Å². The fourth-order valence-electron chi connectivity index (χ4n) is 2.61. The number of nitro groups is 1. The summed E-state index contributed by atoms with van der Waals surface area (Å²) in [5.41, 5.74) is 4.55. The Balaban J connectivity index is 2.48. The first-order chi connectivity index (χ1) is 12.8. The second-order valence-electron chi connectivity index (χ2n) is 5.91. The Hall–Kier alpha value is -3.43. The third kappa shape index (κ3) is 4.05. The van der Waals surface area contributed by atoms with Gasteiger partial charge in [-0.1, -0.05) is 13.8 Å². The highest BCUT2D eigenvalue weighted by atomic mass is 16.6. The Bertz CT molecular complexity index is 975. The van der Waals surface area contributed by atoms with Crippen molar-refractivity contribution in [1.29, 1.82) is 0 Å². The van der Waals surface area contributed by atoms with Gasteiger partial charge in [0.05, 0.1) is 4.92 Å². The minimum Gasteiger partial charge on any atom is -0.383 e. The normalized spacial score (nSPS) is 10.6. The van der Waals surface area contributed by atoms with Crippen LogP contribution in [-0.2, 0) is 13.1 Å². The zero-order valence-corrected chi connectivity index (χ0v) is 15.1. The SMILES string of the molecule is CCCn1c(N)c(NC(=O)c2ccc([N+](=O)[O-])cc2)c(=O)n(CCC)c1=O. The molecule has 0 saturated heterocycles. The van der Waals surface area contributed by atoms with Crippen molar-refractivity contribution < 1.29 is 9.72 Å². The van der Waals surface area contributed by atoms with Crippen LogP contribution in [0.4, 0.5) is 17.2 Å². The van der Waals surface area contributed by atoms with Gasteiger partial charge in [0.15, 0.2) is 0 Å². The number of nitrogen functional groups attached to an aromatic ring is 1. The lowest BCUT2D eigenvalue weighted by molar-refractivity contribution is -0.384. The van der Waals surface area contributed by atoms with Crippen LogP contribution >= 0.6 is 0 Å². The summed E-state index contributed by atoms with van der Waals surface area (Å²) in [7, 11) is 0. The minimum atomic E-state index is -0.679. The lowest BCUT2D eigenvalue weighted by atomic mass is 10.2. The van der Waals surface area contributed by atoms with E-state index in [1.165, 1.54) is 28.8 Å². The molecule has 0 saturated carbocycles. The van der Waals surface area contributed by atoms with E-state index in [1.54, 1.807) is 0 Å². The molecule has 10 heteroatoms. The molecule has 0 aliphatic heterocycles.